The molecule has 42 heavy (non-hydrogen) atoms. The van der Waals surface area contributed by atoms with Crippen LogP contribution < -0.4 is 19.8 Å². The second-order valence-electron chi connectivity index (χ2n) is 9.85. The largest absolute Gasteiger partial charge is 0.490 e. The number of anilines is 1. The highest BCUT2D eigenvalue weighted by atomic mass is 19.1. The minimum absolute atomic E-state index is 0.0342. The molecule has 5 rings (SSSR count). The Morgan fingerprint density at radius 2 is 1.69 bits per heavy atom. The van der Waals surface area contributed by atoms with E-state index in [1.165, 1.54) is 17.0 Å². The quantitative estimate of drug-likeness (QED) is 0.143. The average Bonchev–Trinajstić information content (AvgIpc) is 3.28. The van der Waals surface area contributed by atoms with E-state index < -0.39 is 29.2 Å². The average molecular weight is 574 g/mol. The molecule has 1 unspecified atom stereocenters. The van der Waals surface area contributed by atoms with E-state index in [1.54, 1.807) is 49.4 Å². The van der Waals surface area contributed by atoms with Gasteiger partial charge in [0.1, 0.15) is 11.4 Å². The first-order valence-corrected chi connectivity index (χ1v) is 14.1. The Bertz CT molecular complexity index is 1680. The molecule has 0 spiro atoms. The molecule has 0 bridgehead atoms. The van der Waals surface area contributed by atoms with Crippen LogP contribution in [0.1, 0.15) is 78.1 Å². The summed E-state index contributed by atoms with van der Waals surface area (Å²) in [6.45, 7) is 6.82. The highest BCUT2D eigenvalue weighted by Gasteiger charge is 2.44. The first-order valence-electron chi connectivity index (χ1n) is 14.1. The van der Waals surface area contributed by atoms with Gasteiger partial charge in [0.05, 0.1) is 42.4 Å². The maximum absolute atomic E-state index is 14.2. The predicted molar refractivity (Wildman–Crippen MR) is 156 cm³/mol. The molecule has 0 saturated heterocycles. The molecule has 218 valence electrons. The van der Waals surface area contributed by atoms with Gasteiger partial charge in [0.15, 0.2) is 16.9 Å². The van der Waals surface area contributed by atoms with Crippen molar-refractivity contribution in [2.75, 3.05) is 24.7 Å². The second-order valence-corrected chi connectivity index (χ2v) is 9.85. The molecule has 1 aromatic heterocycles. The molecule has 0 fully saturated rings. The van der Waals surface area contributed by atoms with Gasteiger partial charge in [-0.2, -0.15) is 0 Å². The first kappa shape index (κ1) is 28.9. The third-order valence-electron chi connectivity index (χ3n) is 7.08. The summed E-state index contributed by atoms with van der Waals surface area (Å²) in [5.74, 6) is -0.722. The van der Waals surface area contributed by atoms with Crippen molar-refractivity contribution in [3.63, 3.8) is 0 Å². The first-order chi connectivity index (χ1) is 20.4. The molecule has 0 aliphatic carbocycles. The lowest BCUT2D eigenvalue weighted by molar-refractivity contribution is 0.0526. The van der Waals surface area contributed by atoms with Gasteiger partial charge in [-0.05, 0) is 80.4 Å². The summed E-state index contributed by atoms with van der Waals surface area (Å²) in [7, 11) is 0. The van der Waals surface area contributed by atoms with Crippen LogP contribution in [0.5, 0.6) is 11.5 Å². The van der Waals surface area contributed by atoms with E-state index in [0.29, 0.717) is 41.5 Å². The summed E-state index contributed by atoms with van der Waals surface area (Å²) in [6.07, 6.45) is 3.00. The van der Waals surface area contributed by atoms with Gasteiger partial charge in [0, 0.05) is 5.69 Å². The standard InChI is InChI=1S/C33H32FNO7/c1-4-7-8-17-41-26-15-11-21(18-27(26)39-5-2)29-28-30(36)24-19-22(34)12-16-25(24)42-31(28)32(37)35(29)23-13-9-20(10-14-23)33(38)40-6-3/h9-16,18-19,29H,4-8,17H2,1-3H3. The topological polar surface area (TPSA) is 95.3 Å². The summed E-state index contributed by atoms with van der Waals surface area (Å²) >= 11 is 0. The molecular weight excluding hydrogens is 541 g/mol. The summed E-state index contributed by atoms with van der Waals surface area (Å²) in [5, 5.41) is 0.0342. The Hall–Kier alpha value is -4.66. The number of benzene rings is 3. The van der Waals surface area contributed by atoms with Crippen molar-refractivity contribution in [2.24, 2.45) is 0 Å². The van der Waals surface area contributed by atoms with Crippen molar-refractivity contribution in [1.29, 1.82) is 0 Å². The molecule has 9 heteroatoms. The fraction of sp³-hybridized carbons (Fsp3) is 0.303. The van der Waals surface area contributed by atoms with E-state index >= 15 is 0 Å². The highest BCUT2D eigenvalue weighted by molar-refractivity contribution is 6.10. The zero-order valence-corrected chi connectivity index (χ0v) is 23.8. The Kier molecular flexibility index (Phi) is 8.56. The Morgan fingerprint density at radius 1 is 0.905 bits per heavy atom. The zero-order valence-electron chi connectivity index (χ0n) is 23.8. The molecule has 8 nitrogen and oxygen atoms in total. The van der Waals surface area contributed by atoms with Crippen LogP contribution in [0.15, 0.2) is 69.9 Å². The molecule has 1 amide bonds. The van der Waals surface area contributed by atoms with Gasteiger partial charge in [-0.15, -0.1) is 0 Å². The molecule has 1 atom stereocenters. The van der Waals surface area contributed by atoms with Crippen LogP contribution in [0.25, 0.3) is 11.0 Å². The minimum atomic E-state index is -0.918. The highest BCUT2D eigenvalue weighted by Crippen LogP contribution is 2.43. The number of nitrogens with zero attached hydrogens (tertiary/aromatic N) is 1. The lowest BCUT2D eigenvalue weighted by atomic mass is 9.97. The SMILES string of the molecule is CCCCCOc1ccc(C2c3c(oc4ccc(F)cc4c3=O)C(=O)N2c2ccc(C(=O)OCC)cc2)cc1OCC. The van der Waals surface area contributed by atoms with E-state index in [0.717, 1.165) is 25.3 Å². The van der Waals surface area contributed by atoms with Crippen molar-refractivity contribution < 1.29 is 32.6 Å². The monoisotopic (exact) mass is 573 g/mol. The summed E-state index contributed by atoms with van der Waals surface area (Å²) in [6, 6.07) is 14.3. The number of ether oxygens (including phenoxy) is 3. The normalized spacial score (nSPS) is 14.2. The Morgan fingerprint density at radius 3 is 2.40 bits per heavy atom. The maximum Gasteiger partial charge on any atom is 0.338 e. The maximum atomic E-state index is 14.2. The molecule has 4 aromatic rings. The number of hydrogen-bond acceptors (Lipinski definition) is 7. The van der Waals surface area contributed by atoms with E-state index in [9.17, 15) is 18.8 Å². The van der Waals surface area contributed by atoms with Gasteiger partial charge in [0.2, 0.25) is 5.76 Å². The van der Waals surface area contributed by atoms with Gasteiger partial charge in [-0.25, -0.2) is 9.18 Å². The van der Waals surface area contributed by atoms with Crippen LogP contribution in [0.3, 0.4) is 0 Å². The van der Waals surface area contributed by atoms with E-state index in [-0.39, 0.29) is 28.9 Å². The van der Waals surface area contributed by atoms with Crippen molar-refractivity contribution >= 4 is 28.5 Å². The van der Waals surface area contributed by atoms with Crippen LogP contribution in [0.2, 0.25) is 0 Å². The van der Waals surface area contributed by atoms with Gasteiger partial charge in [0.25, 0.3) is 5.91 Å². The number of carbonyl (C=O) groups excluding carboxylic acids is 2. The lowest BCUT2D eigenvalue weighted by Gasteiger charge is -2.26. The van der Waals surface area contributed by atoms with E-state index in [2.05, 4.69) is 6.92 Å². The molecular formula is C33H32FNO7. The number of unbranched alkanes of at least 4 members (excludes halogenated alkanes) is 2. The van der Waals surface area contributed by atoms with Gasteiger partial charge in [-0.1, -0.05) is 25.8 Å². The van der Waals surface area contributed by atoms with Crippen molar-refractivity contribution in [3.05, 3.63) is 99.2 Å². The van der Waals surface area contributed by atoms with Crippen molar-refractivity contribution in [3.8, 4) is 11.5 Å². The molecule has 0 N–H and O–H groups in total. The molecule has 2 heterocycles. The van der Waals surface area contributed by atoms with Crippen molar-refractivity contribution in [1.82, 2.24) is 0 Å². The van der Waals surface area contributed by atoms with Crippen LogP contribution in [0, 0.1) is 5.82 Å². The van der Waals surface area contributed by atoms with E-state index in [1.807, 2.05) is 6.92 Å². The number of rotatable bonds is 11. The van der Waals surface area contributed by atoms with E-state index in [4.69, 9.17) is 18.6 Å². The summed E-state index contributed by atoms with van der Waals surface area (Å²) in [5.41, 5.74) is 1.01. The molecule has 1 aliphatic heterocycles. The van der Waals surface area contributed by atoms with Gasteiger partial charge < -0.3 is 18.6 Å². The van der Waals surface area contributed by atoms with Crippen molar-refractivity contribution in [2.45, 2.75) is 46.1 Å². The Balaban J connectivity index is 1.65. The third-order valence-corrected chi connectivity index (χ3v) is 7.08. The van der Waals surface area contributed by atoms with Crippen LogP contribution in [0.4, 0.5) is 10.1 Å². The number of hydrogen-bond donors (Lipinski definition) is 0. The number of amides is 1. The fourth-order valence-corrected chi connectivity index (χ4v) is 5.12. The van der Waals surface area contributed by atoms with Gasteiger partial charge in [-0.3, -0.25) is 14.5 Å². The summed E-state index contributed by atoms with van der Waals surface area (Å²) in [4.78, 5) is 41.4. The molecule has 3 aromatic carbocycles. The predicted octanol–water partition coefficient (Wildman–Crippen LogP) is 6.83. The minimum Gasteiger partial charge on any atom is -0.490 e. The number of fused-ring (bicyclic) bond motifs is 2. The van der Waals surface area contributed by atoms with Crippen LogP contribution >= 0.6 is 0 Å². The number of halogens is 1. The molecule has 0 radical (unpaired) electrons. The molecule has 1 aliphatic rings. The second kappa shape index (κ2) is 12.5. The fourth-order valence-electron chi connectivity index (χ4n) is 5.12. The molecule has 0 saturated carbocycles. The summed E-state index contributed by atoms with van der Waals surface area (Å²) < 4.78 is 37.1. The Labute approximate surface area is 242 Å². The van der Waals surface area contributed by atoms with Gasteiger partial charge >= 0.3 is 5.97 Å². The lowest BCUT2D eigenvalue weighted by Crippen LogP contribution is -2.29. The van der Waals surface area contributed by atoms with Crippen LogP contribution in [-0.2, 0) is 4.74 Å². The number of carbonyl (C=O) groups is 2. The smallest absolute Gasteiger partial charge is 0.338 e. The number of esters is 1. The third kappa shape index (κ3) is 5.46. The zero-order chi connectivity index (χ0) is 29.8. The van der Waals surface area contributed by atoms with Crippen LogP contribution in [-0.4, -0.2) is 31.7 Å².